The molecule has 0 radical (unpaired) electrons. The number of hydrogen-bond donors (Lipinski definition) is 0. The molecule has 1 fully saturated rings. The summed E-state index contributed by atoms with van der Waals surface area (Å²) in [5.41, 5.74) is 6.56. The molecule has 0 atom stereocenters. The lowest BCUT2D eigenvalue weighted by Gasteiger charge is -2.39. The van der Waals surface area contributed by atoms with Crippen LogP contribution in [0.2, 0.25) is 0 Å². The number of allylic oxidation sites excluding steroid dienone is 1. The number of benzene rings is 1. The Hall–Kier alpha value is -1.28. The van der Waals surface area contributed by atoms with Gasteiger partial charge in [-0.3, -0.25) is 4.90 Å². The molecule has 1 aliphatic heterocycles. The minimum atomic E-state index is 0.423. The lowest BCUT2D eigenvalue weighted by molar-refractivity contribution is 0.249. The third kappa shape index (κ3) is 4.03. The summed E-state index contributed by atoms with van der Waals surface area (Å²) in [6.45, 7) is 15.4. The van der Waals surface area contributed by atoms with Crippen molar-refractivity contribution >= 4 is 5.69 Å². The van der Waals surface area contributed by atoms with Crippen LogP contribution in [-0.2, 0) is 0 Å². The van der Waals surface area contributed by atoms with E-state index in [1.54, 1.807) is 11.1 Å². The van der Waals surface area contributed by atoms with Crippen molar-refractivity contribution in [3.63, 3.8) is 0 Å². The van der Waals surface area contributed by atoms with Crippen LogP contribution in [-0.4, -0.2) is 37.6 Å². The fourth-order valence-electron chi connectivity index (χ4n) is 4.48. The molecule has 1 saturated heterocycles. The highest BCUT2D eigenvalue weighted by Crippen LogP contribution is 2.41. The second kappa shape index (κ2) is 7.31. The Morgan fingerprint density at radius 3 is 2.25 bits per heavy atom. The number of hydrogen-bond acceptors (Lipinski definition) is 2. The summed E-state index contributed by atoms with van der Waals surface area (Å²) >= 11 is 0. The van der Waals surface area contributed by atoms with Crippen LogP contribution >= 0.6 is 0 Å². The Bertz CT molecular complexity index is 574. The van der Waals surface area contributed by atoms with Crippen LogP contribution in [0.25, 0.3) is 0 Å². The fraction of sp³-hybridized carbons (Fsp3) is 0.636. The van der Waals surface area contributed by atoms with Gasteiger partial charge in [0.05, 0.1) is 0 Å². The van der Waals surface area contributed by atoms with Crippen molar-refractivity contribution in [1.29, 1.82) is 0 Å². The molecule has 2 heteroatoms. The van der Waals surface area contributed by atoms with Crippen molar-refractivity contribution in [2.75, 3.05) is 37.6 Å². The van der Waals surface area contributed by atoms with E-state index in [-0.39, 0.29) is 0 Å². The van der Waals surface area contributed by atoms with E-state index in [4.69, 9.17) is 0 Å². The highest BCUT2D eigenvalue weighted by Gasteiger charge is 2.28. The van der Waals surface area contributed by atoms with Crippen LogP contribution in [0.5, 0.6) is 0 Å². The second-order valence-corrected chi connectivity index (χ2v) is 8.41. The van der Waals surface area contributed by atoms with Crippen LogP contribution < -0.4 is 4.90 Å². The van der Waals surface area contributed by atoms with E-state index in [0.717, 1.165) is 13.1 Å². The second-order valence-electron chi connectivity index (χ2n) is 8.41. The van der Waals surface area contributed by atoms with Crippen LogP contribution in [0.15, 0.2) is 35.4 Å². The van der Waals surface area contributed by atoms with Crippen molar-refractivity contribution < 1.29 is 0 Å². The molecular formula is C22H34N2. The topological polar surface area (TPSA) is 6.48 Å². The average molecular weight is 327 g/mol. The maximum atomic E-state index is 2.66. The summed E-state index contributed by atoms with van der Waals surface area (Å²) < 4.78 is 0. The summed E-state index contributed by atoms with van der Waals surface area (Å²) in [5.74, 6) is 0. The van der Waals surface area contributed by atoms with E-state index < -0.39 is 0 Å². The molecule has 0 N–H and O–H groups in total. The summed E-state index contributed by atoms with van der Waals surface area (Å²) in [7, 11) is 0. The van der Waals surface area contributed by atoms with Crippen molar-refractivity contribution in [2.24, 2.45) is 5.41 Å². The lowest BCUT2D eigenvalue weighted by atomic mass is 9.71. The summed E-state index contributed by atoms with van der Waals surface area (Å²) in [5, 5.41) is 0. The molecule has 3 rings (SSSR count). The minimum absolute atomic E-state index is 0.423. The van der Waals surface area contributed by atoms with Crippen molar-refractivity contribution in [3.8, 4) is 0 Å². The van der Waals surface area contributed by atoms with E-state index in [1.807, 2.05) is 0 Å². The largest absolute Gasteiger partial charge is 0.369 e. The first-order valence-electron chi connectivity index (χ1n) is 9.69. The van der Waals surface area contributed by atoms with Crippen LogP contribution in [0.3, 0.4) is 0 Å². The normalized spacial score (nSPS) is 22.1. The van der Waals surface area contributed by atoms with Gasteiger partial charge in [-0.25, -0.2) is 0 Å². The summed E-state index contributed by atoms with van der Waals surface area (Å²) in [6, 6.07) is 8.98. The maximum absolute atomic E-state index is 2.66. The molecule has 24 heavy (non-hydrogen) atoms. The molecule has 1 aromatic rings. The van der Waals surface area contributed by atoms with E-state index in [0.29, 0.717) is 5.41 Å². The molecule has 0 bridgehead atoms. The molecule has 0 amide bonds. The Morgan fingerprint density at radius 2 is 1.62 bits per heavy atom. The van der Waals surface area contributed by atoms with Gasteiger partial charge in [0.25, 0.3) is 0 Å². The van der Waals surface area contributed by atoms with E-state index in [1.165, 1.54) is 56.6 Å². The molecule has 2 nitrogen and oxygen atoms in total. The highest BCUT2D eigenvalue weighted by atomic mass is 15.3. The van der Waals surface area contributed by atoms with Crippen LogP contribution in [0.4, 0.5) is 5.69 Å². The third-order valence-electron chi connectivity index (χ3n) is 6.14. The fourth-order valence-corrected chi connectivity index (χ4v) is 4.48. The molecular weight excluding hydrogens is 292 g/mol. The SMILES string of the molecule is CC1=C(CCN2CCN(c3ccc(C)cc3)CC2)C(C)(C)CCC1. The van der Waals surface area contributed by atoms with E-state index in [2.05, 4.69) is 61.8 Å². The van der Waals surface area contributed by atoms with E-state index in [9.17, 15) is 0 Å². The molecule has 1 aliphatic carbocycles. The van der Waals surface area contributed by atoms with E-state index >= 15 is 0 Å². The Kier molecular flexibility index (Phi) is 5.34. The third-order valence-corrected chi connectivity index (χ3v) is 6.14. The zero-order valence-corrected chi connectivity index (χ0v) is 16.1. The molecule has 2 aliphatic rings. The quantitative estimate of drug-likeness (QED) is 0.716. The van der Waals surface area contributed by atoms with Crippen LogP contribution in [0, 0.1) is 12.3 Å². The first-order valence-corrected chi connectivity index (χ1v) is 9.69. The van der Waals surface area contributed by atoms with Gasteiger partial charge in [0.1, 0.15) is 0 Å². The Labute approximate surface area is 148 Å². The predicted molar refractivity (Wildman–Crippen MR) is 105 cm³/mol. The van der Waals surface area contributed by atoms with Gasteiger partial charge >= 0.3 is 0 Å². The van der Waals surface area contributed by atoms with Crippen molar-refractivity contribution in [3.05, 3.63) is 41.0 Å². The smallest absolute Gasteiger partial charge is 0.0367 e. The lowest BCUT2D eigenvalue weighted by Crippen LogP contribution is -2.46. The number of nitrogens with zero attached hydrogens (tertiary/aromatic N) is 2. The van der Waals surface area contributed by atoms with Crippen molar-refractivity contribution in [1.82, 2.24) is 4.90 Å². The monoisotopic (exact) mass is 326 g/mol. The van der Waals surface area contributed by atoms with Gasteiger partial charge < -0.3 is 4.90 Å². The standard InChI is InChI=1S/C22H34N2/c1-18-7-9-20(10-8-18)24-16-14-23(15-17-24)13-11-21-19(2)6-5-12-22(21,3)4/h7-10H,5-6,11-17H2,1-4H3. The zero-order valence-electron chi connectivity index (χ0n) is 16.1. The molecule has 1 heterocycles. The minimum Gasteiger partial charge on any atom is -0.369 e. The number of rotatable bonds is 4. The average Bonchev–Trinajstić information content (AvgIpc) is 2.55. The Balaban J connectivity index is 1.51. The first kappa shape index (κ1) is 17.5. The number of piperazine rings is 1. The summed E-state index contributed by atoms with van der Waals surface area (Å²) in [4.78, 5) is 5.20. The number of anilines is 1. The van der Waals surface area contributed by atoms with Gasteiger partial charge in [-0.1, -0.05) is 42.7 Å². The molecule has 0 spiro atoms. The van der Waals surface area contributed by atoms with Crippen LogP contribution in [0.1, 0.15) is 52.0 Å². The molecule has 0 saturated carbocycles. The van der Waals surface area contributed by atoms with Gasteiger partial charge in [0.2, 0.25) is 0 Å². The highest BCUT2D eigenvalue weighted by molar-refractivity contribution is 5.47. The van der Waals surface area contributed by atoms with Gasteiger partial charge in [-0.05, 0) is 57.1 Å². The van der Waals surface area contributed by atoms with Gasteiger partial charge in [0.15, 0.2) is 0 Å². The van der Waals surface area contributed by atoms with Crippen molar-refractivity contribution in [2.45, 2.75) is 53.4 Å². The van der Waals surface area contributed by atoms with Gasteiger partial charge in [-0.2, -0.15) is 0 Å². The first-order chi connectivity index (χ1) is 11.5. The molecule has 0 aromatic heterocycles. The Morgan fingerprint density at radius 1 is 0.958 bits per heavy atom. The molecule has 1 aromatic carbocycles. The predicted octanol–water partition coefficient (Wildman–Crippen LogP) is 5.03. The van der Waals surface area contributed by atoms with Gasteiger partial charge in [0, 0.05) is 38.4 Å². The number of aryl methyl sites for hydroxylation is 1. The maximum Gasteiger partial charge on any atom is 0.0367 e. The molecule has 0 unspecified atom stereocenters. The molecule has 132 valence electrons. The summed E-state index contributed by atoms with van der Waals surface area (Å²) in [6.07, 6.45) is 5.32. The van der Waals surface area contributed by atoms with Gasteiger partial charge in [-0.15, -0.1) is 0 Å². The zero-order chi connectivity index (χ0) is 17.2.